The van der Waals surface area contributed by atoms with E-state index in [1.165, 1.54) is 0 Å². The highest BCUT2D eigenvalue weighted by molar-refractivity contribution is 5.86. The van der Waals surface area contributed by atoms with Crippen molar-refractivity contribution in [3.05, 3.63) is 29.8 Å². The van der Waals surface area contributed by atoms with Gasteiger partial charge >= 0.3 is 6.09 Å². The zero-order valence-corrected chi connectivity index (χ0v) is 20.3. The van der Waals surface area contributed by atoms with Crippen molar-refractivity contribution in [1.29, 1.82) is 0 Å². The molecule has 3 atom stereocenters. The number of carbonyl (C=O) groups is 3. The molecule has 2 aliphatic heterocycles. The summed E-state index contributed by atoms with van der Waals surface area (Å²) in [6, 6.07) is 7.47. The molecular weight excluding hydrogens is 420 g/mol. The molecule has 3 unspecified atom stereocenters. The lowest BCUT2D eigenvalue weighted by atomic mass is 9.92. The van der Waals surface area contributed by atoms with Gasteiger partial charge in [-0.3, -0.25) is 14.5 Å². The number of carbonyl (C=O) groups excluding carboxylic acids is 3. The third kappa shape index (κ3) is 6.85. The number of benzene rings is 1. The van der Waals surface area contributed by atoms with Gasteiger partial charge in [-0.15, -0.1) is 0 Å². The van der Waals surface area contributed by atoms with Gasteiger partial charge in [0, 0.05) is 31.9 Å². The molecule has 0 aromatic heterocycles. The summed E-state index contributed by atoms with van der Waals surface area (Å²) in [5, 5.41) is 2.99. The first-order chi connectivity index (χ1) is 15.5. The Labute approximate surface area is 196 Å². The van der Waals surface area contributed by atoms with Gasteiger partial charge in [-0.2, -0.15) is 0 Å². The van der Waals surface area contributed by atoms with Gasteiger partial charge in [0.2, 0.25) is 11.8 Å². The van der Waals surface area contributed by atoms with Crippen LogP contribution in [0.4, 0.5) is 10.5 Å². The molecule has 182 valence electrons. The van der Waals surface area contributed by atoms with E-state index in [4.69, 9.17) is 10.5 Å². The van der Waals surface area contributed by atoms with Gasteiger partial charge in [-0.05, 0) is 70.1 Å². The molecule has 3 amide bonds. The van der Waals surface area contributed by atoms with Crippen LogP contribution in [0.15, 0.2) is 24.3 Å². The second kappa shape index (κ2) is 10.4. The number of ether oxygens (including phenoxy) is 1. The van der Waals surface area contributed by atoms with Crippen LogP contribution in [-0.4, -0.2) is 54.1 Å². The number of amides is 3. The molecule has 0 bridgehead atoms. The maximum atomic E-state index is 13.0. The Bertz CT molecular complexity index is 849. The number of nitrogens with zero attached hydrogens (tertiary/aromatic N) is 2. The Kier molecular flexibility index (Phi) is 7.87. The van der Waals surface area contributed by atoms with Gasteiger partial charge in [0.1, 0.15) is 11.6 Å². The number of likely N-dealkylation sites (tertiary alicyclic amines) is 1. The van der Waals surface area contributed by atoms with Crippen LogP contribution in [0.25, 0.3) is 0 Å². The summed E-state index contributed by atoms with van der Waals surface area (Å²) in [6.45, 7) is 10.0. The summed E-state index contributed by atoms with van der Waals surface area (Å²) in [6.07, 6.45) is 2.84. The Morgan fingerprint density at radius 3 is 2.45 bits per heavy atom. The number of primary amides is 1. The van der Waals surface area contributed by atoms with Crippen molar-refractivity contribution in [3.63, 3.8) is 0 Å². The topological polar surface area (TPSA) is 105 Å². The van der Waals surface area contributed by atoms with Gasteiger partial charge < -0.3 is 20.7 Å². The fraction of sp³-hybridized carbons (Fsp3) is 0.640. The highest BCUT2D eigenvalue weighted by atomic mass is 16.6. The summed E-state index contributed by atoms with van der Waals surface area (Å²) in [5.74, 6) is -0.135. The van der Waals surface area contributed by atoms with Crippen LogP contribution in [0.5, 0.6) is 0 Å². The van der Waals surface area contributed by atoms with Crippen molar-refractivity contribution in [2.45, 2.75) is 71.6 Å². The molecule has 8 heteroatoms. The van der Waals surface area contributed by atoms with Crippen molar-refractivity contribution in [2.75, 3.05) is 24.5 Å². The Hall–Kier alpha value is -2.77. The molecule has 0 spiro atoms. The maximum absolute atomic E-state index is 13.0. The van der Waals surface area contributed by atoms with E-state index in [1.807, 2.05) is 45.0 Å². The summed E-state index contributed by atoms with van der Waals surface area (Å²) in [4.78, 5) is 40.9. The van der Waals surface area contributed by atoms with E-state index in [9.17, 15) is 14.4 Å². The van der Waals surface area contributed by atoms with Crippen LogP contribution in [0.3, 0.4) is 0 Å². The Balaban J connectivity index is 1.58. The molecule has 3 N–H and O–H groups in total. The molecule has 1 aromatic carbocycles. The van der Waals surface area contributed by atoms with E-state index in [-0.39, 0.29) is 17.7 Å². The number of hydrogen-bond donors (Lipinski definition) is 2. The van der Waals surface area contributed by atoms with Gasteiger partial charge in [0.05, 0.1) is 5.92 Å². The van der Waals surface area contributed by atoms with Crippen molar-refractivity contribution in [2.24, 2.45) is 17.6 Å². The van der Waals surface area contributed by atoms with E-state index >= 15 is 0 Å². The molecule has 0 aliphatic carbocycles. The van der Waals surface area contributed by atoms with Gasteiger partial charge in [0.15, 0.2) is 0 Å². The highest BCUT2D eigenvalue weighted by Crippen LogP contribution is 2.26. The molecule has 1 aromatic rings. The van der Waals surface area contributed by atoms with Gasteiger partial charge in [-0.25, -0.2) is 4.79 Å². The molecule has 0 radical (unpaired) electrons. The Morgan fingerprint density at radius 1 is 1.12 bits per heavy atom. The monoisotopic (exact) mass is 458 g/mol. The van der Waals surface area contributed by atoms with Crippen LogP contribution in [0.1, 0.15) is 58.9 Å². The maximum Gasteiger partial charge on any atom is 0.410 e. The third-order valence-electron chi connectivity index (χ3n) is 6.39. The smallest absolute Gasteiger partial charge is 0.410 e. The van der Waals surface area contributed by atoms with Crippen LogP contribution < -0.4 is 16.0 Å². The first-order valence-electron chi connectivity index (χ1n) is 11.9. The first kappa shape index (κ1) is 24.9. The summed E-state index contributed by atoms with van der Waals surface area (Å²) in [7, 11) is 0. The molecule has 0 saturated carbocycles. The second-order valence-corrected chi connectivity index (χ2v) is 10.4. The van der Waals surface area contributed by atoms with Crippen molar-refractivity contribution in [1.82, 2.24) is 10.2 Å². The van der Waals surface area contributed by atoms with Crippen molar-refractivity contribution >= 4 is 23.6 Å². The number of nitrogens with one attached hydrogen (secondary N) is 1. The van der Waals surface area contributed by atoms with Crippen LogP contribution in [0, 0.1) is 11.8 Å². The quantitative estimate of drug-likeness (QED) is 0.706. The molecule has 2 aliphatic rings. The average Bonchev–Trinajstić information content (AvgIpc) is 2.76. The van der Waals surface area contributed by atoms with Crippen molar-refractivity contribution in [3.8, 4) is 0 Å². The number of rotatable bonds is 5. The normalized spacial score (nSPS) is 23.7. The second-order valence-electron chi connectivity index (χ2n) is 10.4. The van der Waals surface area contributed by atoms with E-state index in [2.05, 4.69) is 17.1 Å². The minimum absolute atomic E-state index is 0.108. The third-order valence-corrected chi connectivity index (χ3v) is 6.39. The van der Waals surface area contributed by atoms with Gasteiger partial charge in [-0.1, -0.05) is 19.1 Å². The largest absolute Gasteiger partial charge is 0.444 e. The van der Waals surface area contributed by atoms with Crippen molar-refractivity contribution < 1.29 is 19.1 Å². The Morgan fingerprint density at radius 2 is 1.82 bits per heavy atom. The zero-order valence-electron chi connectivity index (χ0n) is 20.3. The number of hydrogen-bond acceptors (Lipinski definition) is 5. The molecule has 2 heterocycles. The molecule has 33 heavy (non-hydrogen) atoms. The van der Waals surface area contributed by atoms with E-state index in [0.717, 1.165) is 37.1 Å². The number of nitrogens with two attached hydrogens (primary N) is 1. The predicted octanol–water partition coefficient (Wildman–Crippen LogP) is 3.04. The standard InChI is InChI=1S/C25H38N4O4/c1-17-11-13-29(24(32)33-25(2,3)4)21(14-17)23(31)27-15-18-7-9-20(10-8-18)28-12-5-6-19(16-28)22(26)30/h7-10,17,19,21H,5-6,11-16H2,1-4H3,(H2,26,30)(H,27,31). The minimum atomic E-state index is -0.602. The van der Waals surface area contributed by atoms with Crippen LogP contribution in [0.2, 0.25) is 0 Å². The van der Waals surface area contributed by atoms with E-state index in [0.29, 0.717) is 32.0 Å². The molecular formula is C25H38N4O4. The first-order valence-corrected chi connectivity index (χ1v) is 11.9. The highest BCUT2D eigenvalue weighted by Gasteiger charge is 2.37. The predicted molar refractivity (Wildman–Crippen MR) is 128 cm³/mol. The van der Waals surface area contributed by atoms with Gasteiger partial charge in [0.25, 0.3) is 0 Å². The summed E-state index contributed by atoms with van der Waals surface area (Å²) < 4.78 is 5.52. The molecule has 2 fully saturated rings. The summed E-state index contributed by atoms with van der Waals surface area (Å²) in [5.41, 5.74) is 6.91. The van der Waals surface area contributed by atoms with E-state index in [1.54, 1.807) is 4.90 Å². The number of anilines is 1. The lowest BCUT2D eigenvalue weighted by Crippen LogP contribution is -2.54. The van der Waals surface area contributed by atoms with Crippen LogP contribution >= 0.6 is 0 Å². The number of piperidine rings is 2. The fourth-order valence-corrected chi connectivity index (χ4v) is 4.50. The fourth-order valence-electron chi connectivity index (χ4n) is 4.50. The minimum Gasteiger partial charge on any atom is -0.444 e. The molecule has 3 rings (SSSR count). The molecule has 8 nitrogen and oxygen atoms in total. The van der Waals surface area contributed by atoms with Crippen LogP contribution in [-0.2, 0) is 20.9 Å². The average molecular weight is 459 g/mol. The summed E-state index contributed by atoms with van der Waals surface area (Å²) >= 11 is 0. The lowest BCUT2D eigenvalue weighted by Gasteiger charge is -2.38. The molecule has 2 saturated heterocycles. The SMILES string of the molecule is CC1CCN(C(=O)OC(C)(C)C)C(C(=O)NCc2ccc(N3CCCC(C(N)=O)C3)cc2)C1. The van der Waals surface area contributed by atoms with E-state index < -0.39 is 17.7 Å². The lowest BCUT2D eigenvalue weighted by molar-refractivity contribution is -0.128. The zero-order chi connectivity index (χ0) is 24.2.